The third-order valence-electron chi connectivity index (χ3n) is 7.28. The molecule has 1 heteroatoms. The van der Waals surface area contributed by atoms with Crippen molar-refractivity contribution in [3.63, 3.8) is 0 Å². The molecule has 0 radical (unpaired) electrons. The van der Waals surface area contributed by atoms with Gasteiger partial charge in [0.05, 0.1) is 0 Å². The van der Waals surface area contributed by atoms with Gasteiger partial charge in [-0.05, 0) is 44.5 Å². The topological polar surface area (TPSA) is 20.2 Å². The summed E-state index contributed by atoms with van der Waals surface area (Å²) in [6.07, 6.45) is 0. The highest BCUT2D eigenvalue weighted by molar-refractivity contribution is 6.13. The number of aliphatic hydroxyl groups is 1. The predicted octanol–water partition coefficient (Wildman–Crippen LogP) is 7.54. The van der Waals surface area contributed by atoms with Gasteiger partial charge in [-0.15, -0.1) is 0 Å². The molecular formula is C33H22O. The third kappa shape index (κ3) is 2.48. The SMILES string of the molecule is OC1(C(=C2c3ccccc3-c3ccccc32)c2ccccc2)c2ccccc2-c2ccccc21. The standard InChI is InChI=1S/C33H22O/c34-33(29-20-10-8-16-25(29)26-17-9-11-21-30(26)33)32(22-12-2-1-3-13-22)31-27-18-6-4-14-23(27)24-15-5-7-19-28(24)31/h1-21,34H. The predicted molar refractivity (Wildman–Crippen MR) is 139 cm³/mol. The first kappa shape index (κ1) is 19.3. The third-order valence-corrected chi connectivity index (χ3v) is 7.28. The van der Waals surface area contributed by atoms with Crippen molar-refractivity contribution in [2.24, 2.45) is 0 Å². The van der Waals surface area contributed by atoms with Crippen molar-refractivity contribution in [2.75, 3.05) is 0 Å². The molecule has 0 unspecified atom stereocenters. The van der Waals surface area contributed by atoms with Crippen LogP contribution in [-0.4, -0.2) is 5.11 Å². The maximum absolute atomic E-state index is 13.0. The van der Waals surface area contributed by atoms with Crippen LogP contribution in [0.4, 0.5) is 0 Å². The van der Waals surface area contributed by atoms with Gasteiger partial charge < -0.3 is 5.11 Å². The molecule has 0 spiro atoms. The number of rotatable bonds is 2. The molecule has 5 aromatic carbocycles. The first-order chi connectivity index (χ1) is 16.8. The fraction of sp³-hybridized carbons (Fsp3) is 0.0303. The van der Waals surface area contributed by atoms with Gasteiger partial charge in [0, 0.05) is 16.7 Å². The Morgan fingerprint density at radius 2 is 0.794 bits per heavy atom. The quantitative estimate of drug-likeness (QED) is 0.298. The second-order valence-electron chi connectivity index (χ2n) is 9.01. The van der Waals surface area contributed by atoms with Gasteiger partial charge in [-0.1, -0.05) is 127 Å². The molecule has 5 aromatic rings. The van der Waals surface area contributed by atoms with Crippen LogP contribution in [0.15, 0.2) is 127 Å². The number of benzene rings is 5. The largest absolute Gasteiger partial charge is 0.376 e. The Bertz CT molecular complexity index is 1510. The fourth-order valence-corrected chi connectivity index (χ4v) is 5.91. The number of hydrogen-bond acceptors (Lipinski definition) is 1. The molecule has 0 saturated heterocycles. The summed E-state index contributed by atoms with van der Waals surface area (Å²) in [5, 5.41) is 13.0. The number of hydrogen-bond donors (Lipinski definition) is 1. The smallest absolute Gasteiger partial charge is 0.142 e. The van der Waals surface area contributed by atoms with Crippen LogP contribution in [0.5, 0.6) is 0 Å². The average Bonchev–Trinajstić information content (AvgIpc) is 3.37. The molecule has 1 nitrogen and oxygen atoms in total. The Labute approximate surface area is 199 Å². The zero-order valence-electron chi connectivity index (χ0n) is 18.6. The summed E-state index contributed by atoms with van der Waals surface area (Å²) in [5.41, 5.74) is 10.6. The molecule has 160 valence electrons. The molecule has 0 amide bonds. The monoisotopic (exact) mass is 434 g/mol. The molecule has 0 bridgehead atoms. The van der Waals surface area contributed by atoms with E-state index in [1.54, 1.807) is 0 Å². The van der Waals surface area contributed by atoms with E-state index in [1.807, 2.05) is 18.2 Å². The molecule has 0 saturated carbocycles. The van der Waals surface area contributed by atoms with Gasteiger partial charge in [-0.2, -0.15) is 0 Å². The molecule has 0 fully saturated rings. The van der Waals surface area contributed by atoms with Crippen molar-refractivity contribution in [3.8, 4) is 22.3 Å². The van der Waals surface area contributed by atoms with Crippen LogP contribution >= 0.6 is 0 Å². The van der Waals surface area contributed by atoms with E-state index in [1.165, 1.54) is 11.1 Å². The van der Waals surface area contributed by atoms with E-state index in [4.69, 9.17) is 0 Å². The Kier molecular flexibility index (Phi) is 4.05. The van der Waals surface area contributed by atoms with E-state index < -0.39 is 5.60 Å². The lowest BCUT2D eigenvalue weighted by Gasteiger charge is -2.32. The maximum Gasteiger partial charge on any atom is 0.142 e. The van der Waals surface area contributed by atoms with E-state index in [0.29, 0.717) is 0 Å². The zero-order chi connectivity index (χ0) is 22.7. The van der Waals surface area contributed by atoms with Gasteiger partial charge >= 0.3 is 0 Å². The minimum absolute atomic E-state index is 0.933. The molecule has 2 aliphatic rings. The van der Waals surface area contributed by atoms with E-state index in [2.05, 4.69) is 109 Å². The minimum atomic E-state index is -1.28. The normalized spacial score (nSPS) is 14.2. The lowest BCUT2D eigenvalue weighted by Crippen LogP contribution is -2.27. The van der Waals surface area contributed by atoms with Crippen LogP contribution in [0.3, 0.4) is 0 Å². The Morgan fingerprint density at radius 3 is 1.29 bits per heavy atom. The van der Waals surface area contributed by atoms with Crippen LogP contribution in [0, 0.1) is 0 Å². The molecule has 0 aromatic heterocycles. The first-order valence-electron chi connectivity index (χ1n) is 11.7. The summed E-state index contributed by atoms with van der Waals surface area (Å²) in [4.78, 5) is 0. The lowest BCUT2D eigenvalue weighted by atomic mass is 9.76. The van der Waals surface area contributed by atoms with E-state index in [9.17, 15) is 5.11 Å². The van der Waals surface area contributed by atoms with Crippen molar-refractivity contribution in [3.05, 3.63) is 155 Å². The summed E-state index contributed by atoms with van der Waals surface area (Å²) >= 11 is 0. The van der Waals surface area contributed by atoms with Gasteiger partial charge in [-0.25, -0.2) is 0 Å². The highest BCUT2D eigenvalue weighted by Crippen LogP contribution is 2.58. The molecule has 1 N–H and O–H groups in total. The van der Waals surface area contributed by atoms with Gasteiger partial charge in [0.1, 0.15) is 5.60 Å². The highest BCUT2D eigenvalue weighted by atomic mass is 16.3. The lowest BCUT2D eigenvalue weighted by molar-refractivity contribution is 0.151. The van der Waals surface area contributed by atoms with E-state index in [-0.39, 0.29) is 0 Å². The Hall–Kier alpha value is -4.20. The zero-order valence-corrected chi connectivity index (χ0v) is 18.6. The second kappa shape index (κ2) is 7.15. The molecule has 2 aliphatic carbocycles. The molecular weight excluding hydrogens is 412 g/mol. The molecule has 34 heavy (non-hydrogen) atoms. The summed E-state index contributed by atoms with van der Waals surface area (Å²) in [6.45, 7) is 0. The van der Waals surface area contributed by atoms with Gasteiger partial charge in [0.15, 0.2) is 0 Å². The van der Waals surface area contributed by atoms with Crippen molar-refractivity contribution in [1.29, 1.82) is 0 Å². The summed E-state index contributed by atoms with van der Waals surface area (Å²) in [5.74, 6) is 0. The van der Waals surface area contributed by atoms with E-state index >= 15 is 0 Å². The average molecular weight is 435 g/mol. The summed E-state index contributed by atoms with van der Waals surface area (Å²) < 4.78 is 0. The molecule has 0 atom stereocenters. The van der Waals surface area contributed by atoms with Gasteiger partial charge in [-0.3, -0.25) is 0 Å². The summed E-state index contributed by atoms with van der Waals surface area (Å²) in [7, 11) is 0. The van der Waals surface area contributed by atoms with Gasteiger partial charge in [0.2, 0.25) is 0 Å². The van der Waals surface area contributed by atoms with Crippen LogP contribution in [0.2, 0.25) is 0 Å². The summed E-state index contributed by atoms with van der Waals surface area (Å²) in [6, 6.07) is 44.0. The molecule has 0 heterocycles. The molecule has 7 rings (SSSR count). The number of fused-ring (bicyclic) bond motifs is 6. The highest BCUT2D eigenvalue weighted by Gasteiger charge is 2.47. The second-order valence-corrected chi connectivity index (χ2v) is 9.01. The van der Waals surface area contributed by atoms with Crippen LogP contribution in [0.25, 0.3) is 33.4 Å². The first-order valence-corrected chi connectivity index (χ1v) is 11.7. The Balaban J connectivity index is 1.69. The van der Waals surface area contributed by atoms with Crippen LogP contribution in [0.1, 0.15) is 27.8 Å². The van der Waals surface area contributed by atoms with Crippen LogP contribution < -0.4 is 0 Å². The van der Waals surface area contributed by atoms with Crippen LogP contribution in [-0.2, 0) is 5.60 Å². The fourth-order valence-electron chi connectivity index (χ4n) is 5.91. The van der Waals surface area contributed by atoms with Crippen molar-refractivity contribution >= 4 is 11.1 Å². The van der Waals surface area contributed by atoms with Crippen molar-refractivity contribution < 1.29 is 5.11 Å². The van der Waals surface area contributed by atoms with E-state index in [0.717, 1.165) is 50.1 Å². The van der Waals surface area contributed by atoms with Gasteiger partial charge in [0.25, 0.3) is 0 Å². The maximum atomic E-state index is 13.0. The minimum Gasteiger partial charge on any atom is -0.376 e. The Morgan fingerprint density at radius 1 is 0.412 bits per heavy atom. The molecule has 0 aliphatic heterocycles. The van der Waals surface area contributed by atoms with Crippen molar-refractivity contribution in [1.82, 2.24) is 0 Å². The van der Waals surface area contributed by atoms with Crippen molar-refractivity contribution in [2.45, 2.75) is 5.60 Å².